The number of H-pyrrole nitrogens is 1. The van der Waals surface area contributed by atoms with Crippen LogP contribution in [-0.4, -0.2) is 45.3 Å². The average Bonchev–Trinajstić information content (AvgIpc) is 3.25. The van der Waals surface area contributed by atoms with E-state index in [1.807, 2.05) is 11.1 Å². The van der Waals surface area contributed by atoms with Crippen LogP contribution in [-0.2, 0) is 17.9 Å². The summed E-state index contributed by atoms with van der Waals surface area (Å²) < 4.78 is 13.1. The van der Waals surface area contributed by atoms with Crippen molar-refractivity contribution in [1.29, 1.82) is 0 Å². The van der Waals surface area contributed by atoms with Gasteiger partial charge in [0, 0.05) is 32.0 Å². The Hall–Kier alpha value is -2.21. The molecule has 0 saturated carbocycles. The highest BCUT2D eigenvalue weighted by atomic mass is 19.1. The largest absolute Gasteiger partial charge is 0.348 e. The molecule has 0 bridgehead atoms. The van der Waals surface area contributed by atoms with Crippen molar-refractivity contribution in [2.75, 3.05) is 19.6 Å². The first kappa shape index (κ1) is 16.3. The van der Waals surface area contributed by atoms with Gasteiger partial charge in [-0.25, -0.2) is 9.37 Å². The van der Waals surface area contributed by atoms with Gasteiger partial charge >= 0.3 is 0 Å². The molecule has 2 aromatic rings. The number of aromatic amines is 1. The molecule has 2 fully saturated rings. The summed E-state index contributed by atoms with van der Waals surface area (Å²) in [5.41, 5.74) is 0.724. The fraction of sp³-hybridized carbons (Fsp3) is 0.474. The van der Waals surface area contributed by atoms with Gasteiger partial charge in [-0.2, -0.15) is 0 Å². The molecule has 132 valence electrons. The summed E-state index contributed by atoms with van der Waals surface area (Å²) in [6.45, 7) is 3.85. The predicted octanol–water partition coefficient (Wildman–Crippen LogP) is 2.56. The van der Waals surface area contributed by atoms with E-state index in [9.17, 15) is 9.18 Å². The van der Waals surface area contributed by atoms with Gasteiger partial charge in [0.15, 0.2) is 0 Å². The minimum atomic E-state index is -0.259. The van der Waals surface area contributed by atoms with Crippen LogP contribution in [0.15, 0.2) is 36.7 Å². The van der Waals surface area contributed by atoms with Crippen LogP contribution in [0.25, 0.3) is 0 Å². The molecule has 1 aromatic heterocycles. The van der Waals surface area contributed by atoms with Gasteiger partial charge in [0.1, 0.15) is 11.6 Å². The second-order valence-electron chi connectivity index (χ2n) is 7.23. The molecular formula is C19H23FN4O. The normalized spacial score (nSPS) is 24.4. The van der Waals surface area contributed by atoms with Gasteiger partial charge in [-0.05, 0) is 43.5 Å². The van der Waals surface area contributed by atoms with Gasteiger partial charge < -0.3 is 9.88 Å². The van der Waals surface area contributed by atoms with Gasteiger partial charge in [0.05, 0.1) is 12.0 Å². The van der Waals surface area contributed by atoms with Crippen molar-refractivity contribution < 1.29 is 9.18 Å². The van der Waals surface area contributed by atoms with Crippen LogP contribution in [0, 0.1) is 11.2 Å². The van der Waals surface area contributed by atoms with Crippen molar-refractivity contribution in [2.45, 2.75) is 32.4 Å². The van der Waals surface area contributed by atoms with Gasteiger partial charge in [-0.3, -0.25) is 9.69 Å². The first-order valence-electron chi connectivity index (χ1n) is 8.89. The van der Waals surface area contributed by atoms with Crippen molar-refractivity contribution in [2.24, 2.45) is 5.41 Å². The van der Waals surface area contributed by atoms with E-state index in [4.69, 9.17) is 0 Å². The molecule has 2 aliphatic heterocycles. The Morgan fingerprint density at radius 1 is 1.16 bits per heavy atom. The Kier molecular flexibility index (Phi) is 4.29. The molecule has 1 atom stereocenters. The molecule has 2 saturated heterocycles. The summed E-state index contributed by atoms with van der Waals surface area (Å²) in [4.78, 5) is 24.9. The zero-order valence-electron chi connectivity index (χ0n) is 14.2. The molecular weight excluding hydrogens is 319 g/mol. The molecule has 4 rings (SSSR count). The quantitative estimate of drug-likeness (QED) is 0.929. The smallest absolute Gasteiger partial charge is 0.230 e. The molecule has 3 heterocycles. The second-order valence-corrected chi connectivity index (χ2v) is 7.23. The molecule has 25 heavy (non-hydrogen) atoms. The SMILES string of the molecule is O=C1N(Cc2ccc(F)cc2)CCC[C@]12CCN(Cc1ncc[nH]1)C2. The van der Waals surface area contributed by atoms with Crippen LogP contribution in [0.2, 0.25) is 0 Å². The number of likely N-dealkylation sites (tertiary alicyclic amines) is 2. The summed E-state index contributed by atoms with van der Waals surface area (Å²) in [6.07, 6.45) is 6.49. The number of benzene rings is 1. The van der Waals surface area contributed by atoms with Gasteiger partial charge in [0.25, 0.3) is 0 Å². The number of nitrogens with zero attached hydrogens (tertiary/aromatic N) is 3. The number of aromatic nitrogens is 2. The number of halogens is 1. The number of imidazole rings is 1. The third-order valence-electron chi connectivity index (χ3n) is 5.47. The zero-order valence-corrected chi connectivity index (χ0v) is 14.2. The summed E-state index contributed by atoms with van der Waals surface area (Å²) in [5, 5.41) is 0. The molecule has 1 aromatic carbocycles. The molecule has 1 spiro atoms. The van der Waals surface area contributed by atoms with E-state index in [0.717, 1.165) is 56.8 Å². The van der Waals surface area contributed by atoms with Crippen molar-refractivity contribution >= 4 is 5.91 Å². The van der Waals surface area contributed by atoms with E-state index >= 15 is 0 Å². The molecule has 1 N–H and O–H groups in total. The average molecular weight is 342 g/mol. The maximum Gasteiger partial charge on any atom is 0.230 e. The minimum Gasteiger partial charge on any atom is -0.348 e. The first-order chi connectivity index (χ1) is 12.1. The zero-order chi connectivity index (χ0) is 17.3. The maximum absolute atomic E-state index is 13.2. The summed E-state index contributed by atoms with van der Waals surface area (Å²) >= 11 is 0. The van der Waals surface area contributed by atoms with E-state index in [1.54, 1.807) is 18.3 Å². The maximum atomic E-state index is 13.2. The Morgan fingerprint density at radius 3 is 2.76 bits per heavy atom. The highest BCUT2D eigenvalue weighted by molar-refractivity contribution is 5.84. The number of carbonyl (C=O) groups excluding carboxylic acids is 1. The lowest BCUT2D eigenvalue weighted by Gasteiger charge is -2.39. The van der Waals surface area contributed by atoms with Crippen molar-refractivity contribution in [3.05, 3.63) is 53.9 Å². The predicted molar refractivity (Wildman–Crippen MR) is 92.0 cm³/mol. The van der Waals surface area contributed by atoms with Crippen molar-refractivity contribution in [3.8, 4) is 0 Å². The van der Waals surface area contributed by atoms with E-state index in [1.165, 1.54) is 12.1 Å². The lowest BCUT2D eigenvalue weighted by molar-refractivity contribution is -0.146. The number of piperidine rings is 1. The highest BCUT2D eigenvalue weighted by Gasteiger charge is 2.48. The summed E-state index contributed by atoms with van der Waals surface area (Å²) in [7, 11) is 0. The van der Waals surface area contributed by atoms with Gasteiger partial charge in [-0.1, -0.05) is 12.1 Å². The Labute approximate surface area is 146 Å². The third kappa shape index (κ3) is 3.31. The number of amides is 1. The first-order valence-corrected chi connectivity index (χ1v) is 8.89. The van der Waals surface area contributed by atoms with Crippen LogP contribution in [0.1, 0.15) is 30.7 Å². The molecule has 2 aliphatic rings. The summed E-state index contributed by atoms with van der Waals surface area (Å²) in [6, 6.07) is 6.45. The van der Waals surface area contributed by atoms with Gasteiger partial charge in [-0.15, -0.1) is 0 Å². The van der Waals surface area contributed by atoms with Crippen LogP contribution in [0.5, 0.6) is 0 Å². The van der Waals surface area contributed by atoms with Crippen LogP contribution >= 0.6 is 0 Å². The van der Waals surface area contributed by atoms with Gasteiger partial charge in [0.2, 0.25) is 5.91 Å². The van der Waals surface area contributed by atoms with E-state index in [2.05, 4.69) is 14.9 Å². The lowest BCUT2D eigenvalue weighted by atomic mass is 9.78. The Bertz CT molecular complexity index is 730. The number of hydrogen-bond acceptors (Lipinski definition) is 3. The summed E-state index contributed by atoms with van der Waals surface area (Å²) in [5.74, 6) is 0.961. The standard InChI is InChI=1S/C19H23FN4O/c20-16-4-2-15(3-5-16)12-24-10-1-6-19(18(24)25)7-11-23(14-19)13-17-21-8-9-22-17/h2-5,8-9H,1,6-7,10-14H2,(H,21,22)/t19-/m1/s1. The molecule has 0 radical (unpaired) electrons. The lowest BCUT2D eigenvalue weighted by Crippen LogP contribution is -2.49. The van der Waals surface area contributed by atoms with Crippen LogP contribution in [0.4, 0.5) is 4.39 Å². The van der Waals surface area contributed by atoms with Crippen LogP contribution in [0.3, 0.4) is 0 Å². The fourth-order valence-electron chi connectivity index (χ4n) is 4.18. The molecule has 5 nitrogen and oxygen atoms in total. The number of nitrogens with one attached hydrogen (secondary N) is 1. The van der Waals surface area contributed by atoms with Crippen molar-refractivity contribution in [1.82, 2.24) is 19.8 Å². The molecule has 0 unspecified atom stereocenters. The number of rotatable bonds is 4. The minimum absolute atomic E-state index is 0.241. The monoisotopic (exact) mass is 342 g/mol. The second kappa shape index (κ2) is 6.59. The van der Waals surface area contributed by atoms with Crippen LogP contribution < -0.4 is 0 Å². The number of hydrogen-bond donors (Lipinski definition) is 1. The third-order valence-corrected chi connectivity index (χ3v) is 5.47. The Morgan fingerprint density at radius 2 is 2.00 bits per heavy atom. The molecule has 1 amide bonds. The molecule has 6 heteroatoms. The highest BCUT2D eigenvalue weighted by Crippen LogP contribution is 2.40. The van der Waals surface area contributed by atoms with E-state index in [-0.39, 0.29) is 17.1 Å². The molecule has 0 aliphatic carbocycles. The van der Waals surface area contributed by atoms with Crippen molar-refractivity contribution in [3.63, 3.8) is 0 Å². The topological polar surface area (TPSA) is 52.2 Å². The van der Waals surface area contributed by atoms with E-state index in [0.29, 0.717) is 6.54 Å². The Balaban J connectivity index is 1.43. The fourth-order valence-corrected chi connectivity index (χ4v) is 4.18. The van der Waals surface area contributed by atoms with E-state index < -0.39 is 0 Å². The number of carbonyl (C=O) groups is 1.